The van der Waals surface area contributed by atoms with Crippen molar-refractivity contribution in [3.8, 4) is 11.5 Å². The quantitative estimate of drug-likeness (QED) is 0.578. The van der Waals surface area contributed by atoms with Gasteiger partial charge in [-0.3, -0.25) is 0 Å². The van der Waals surface area contributed by atoms with Gasteiger partial charge in [0.05, 0.1) is 11.6 Å². The van der Waals surface area contributed by atoms with E-state index < -0.39 is 6.04 Å². The Kier molecular flexibility index (Phi) is 2.35. The highest BCUT2D eigenvalue weighted by Gasteiger charge is 2.11. The van der Waals surface area contributed by atoms with Crippen LogP contribution in [0.4, 0.5) is 0 Å². The number of benzene rings is 1. The molecule has 1 atom stereocenters. The predicted molar refractivity (Wildman–Crippen MR) is 46.9 cm³/mol. The van der Waals surface area contributed by atoms with Crippen LogP contribution in [-0.2, 0) is 0 Å². The maximum atomic E-state index is 9.31. The Bertz CT molecular complexity index is 276. The van der Waals surface area contributed by atoms with Gasteiger partial charge in [-0.15, -0.1) is 6.58 Å². The zero-order chi connectivity index (χ0) is 9.14. The van der Waals surface area contributed by atoms with Gasteiger partial charge in [0.1, 0.15) is 11.5 Å². The minimum absolute atomic E-state index is 0.0117. The highest BCUT2D eigenvalue weighted by atomic mass is 16.3. The molecule has 0 saturated heterocycles. The monoisotopic (exact) mass is 165 g/mol. The summed E-state index contributed by atoms with van der Waals surface area (Å²) in [5.74, 6) is -0.0233. The molecule has 0 saturated carbocycles. The third-order valence-electron chi connectivity index (χ3n) is 1.65. The van der Waals surface area contributed by atoms with Gasteiger partial charge in [0, 0.05) is 0 Å². The second-order valence-electron chi connectivity index (χ2n) is 2.47. The summed E-state index contributed by atoms with van der Waals surface area (Å²) in [7, 11) is 0. The highest BCUT2D eigenvalue weighted by molar-refractivity contribution is 5.46. The third kappa shape index (κ3) is 1.40. The van der Waals surface area contributed by atoms with Crippen molar-refractivity contribution < 1.29 is 10.2 Å². The van der Waals surface area contributed by atoms with E-state index in [1.807, 2.05) is 0 Å². The average Bonchev–Trinajstić information content (AvgIpc) is 2.03. The Morgan fingerprint density at radius 1 is 1.33 bits per heavy atom. The molecule has 0 aliphatic carbocycles. The fourth-order valence-electron chi connectivity index (χ4n) is 1.00. The van der Waals surface area contributed by atoms with E-state index in [2.05, 4.69) is 6.58 Å². The molecule has 12 heavy (non-hydrogen) atoms. The van der Waals surface area contributed by atoms with Crippen LogP contribution in [0.15, 0.2) is 30.9 Å². The summed E-state index contributed by atoms with van der Waals surface area (Å²) in [6.07, 6.45) is 1.45. The van der Waals surface area contributed by atoms with Crippen molar-refractivity contribution in [2.45, 2.75) is 6.04 Å². The van der Waals surface area contributed by atoms with E-state index in [1.54, 1.807) is 6.07 Å². The minimum Gasteiger partial charge on any atom is -0.507 e. The molecule has 0 radical (unpaired) electrons. The summed E-state index contributed by atoms with van der Waals surface area (Å²) in [5, 5.41) is 18.6. The summed E-state index contributed by atoms with van der Waals surface area (Å²) in [6, 6.07) is 3.95. The van der Waals surface area contributed by atoms with Gasteiger partial charge in [0.25, 0.3) is 0 Å². The lowest BCUT2D eigenvalue weighted by atomic mass is 10.1. The Morgan fingerprint density at radius 2 is 1.83 bits per heavy atom. The van der Waals surface area contributed by atoms with Crippen molar-refractivity contribution in [3.05, 3.63) is 36.4 Å². The molecule has 1 aromatic carbocycles. The van der Waals surface area contributed by atoms with Gasteiger partial charge in [-0.1, -0.05) is 12.1 Å². The molecule has 0 bridgehead atoms. The van der Waals surface area contributed by atoms with Crippen LogP contribution in [0.25, 0.3) is 0 Å². The van der Waals surface area contributed by atoms with Gasteiger partial charge in [0.15, 0.2) is 0 Å². The molecule has 0 spiro atoms. The van der Waals surface area contributed by atoms with E-state index in [0.717, 1.165) is 0 Å². The van der Waals surface area contributed by atoms with Crippen molar-refractivity contribution >= 4 is 0 Å². The van der Waals surface area contributed by atoms with E-state index in [9.17, 15) is 10.2 Å². The van der Waals surface area contributed by atoms with Crippen LogP contribution >= 0.6 is 0 Å². The number of rotatable bonds is 2. The predicted octanol–water partition coefficient (Wildman–Crippen LogP) is 1.28. The normalized spacial score (nSPS) is 12.4. The molecular weight excluding hydrogens is 154 g/mol. The average molecular weight is 165 g/mol. The number of phenolic OH excluding ortho intramolecular Hbond substituents is 2. The number of hydrogen-bond acceptors (Lipinski definition) is 3. The van der Waals surface area contributed by atoms with Crippen LogP contribution in [0.1, 0.15) is 11.6 Å². The number of phenols is 2. The minimum atomic E-state index is -0.536. The molecule has 1 rings (SSSR count). The summed E-state index contributed by atoms with van der Waals surface area (Å²) < 4.78 is 0. The van der Waals surface area contributed by atoms with Crippen LogP contribution in [-0.4, -0.2) is 10.2 Å². The Morgan fingerprint density at radius 3 is 2.25 bits per heavy atom. The molecule has 0 unspecified atom stereocenters. The Balaban J connectivity index is 3.20. The first-order valence-corrected chi connectivity index (χ1v) is 3.55. The molecule has 4 N–H and O–H groups in total. The maximum absolute atomic E-state index is 9.31. The molecule has 1 aromatic rings. The fourth-order valence-corrected chi connectivity index (χ4v) is 1.00. The van der Waals surface area contributed by atoms with Gasteiger partial charge in [-0.25, -0.2) is 0 Å². The summed E-state index contributed by atoms with van der Waals surface area (Å²) in [5.41, 5.74) is 5.87. The number of hydrogen-bond donors (Lipinski definition) is 3. The first-order chi connectivity index (χ1) is 5.66. The first-order valence-electron chi connectivity index (χ1n) is 3.55. The van der Waals surface area contributed by atoms with E-state index in [4.69, 9.17) is 5.73 Å². The molecule has 0 fully saturated rings. The van der Waals surface area contributed by atoms with E-state index in [0.29, 0.717) is 5.56 Å². The van der Waals surface area contributed by atoms with Gasteiger partial charge < -0.3 is 15.9 Å². The third-order valence-corrected chi connectivity index (χ3v) is 1.65. The van der Waals surface area contributed by atoms with Crippen molar-refractivity contribution in [3.63, 3.8) is 0 Å². The molecule has 0 aliphatic rings. The SMILES string of the molecule is C=C[C@@H](N)c1c(O)cccc1O. The molecule has 64 valence electrons. The number of aromatic hydroxyl groups is 2. The molecule has 3 nitrogen and oxygen atoms in total. The van der Waals surface area contributed by atoms with Gasteiger partial charge >= 0.3 is 0 Å². The van der Waals surface area contributed by atoms with Crippen molar-refractivity contribution in [1.82, 2.24) is 0 Å². The van der Waals surface area contributed by atoms with E-state index >= 15 is 0 Å². The van der Waals surface area contributed by atoms with Gasteiger partial charge in [-0.2, -0.15) is 0 Å². The summed E-state index contributed by atoms with van der Waals surface area (Å²) in [4.78, 5) is 0. The van der Waals surface area contributed by atoms with E-state index in [1.165, 1.54) is 18.2 Å². The first kappa shape index (κ1) is 8.62. The zero-order valence-electron chi connectivity index (χ0n) is 6.57. The van der Waals surface area contributed by atoms with Crippen LogP contribution in [0, 0.1) is 0 Å². The lowest BCUT2D eigenvalue weighted by Crippen LogP contribution is -2.06. The smallest absolute Gasteiger partial charge is 0.124 e. The van der Waals surface area contributed by atoms with Crippen LogP contribution in [0.2, 0.25) is 0 Å². The summed E-state index contributed by atoms with van der Waals surface area (Å²) in [6.45, 7) is 3.47. The second kappa shape index (κ2) is 3.28. The van der Waals surface area contributed by atoms with Crippen molar-refractivity contribution in [2.24, 2.45) is 5.73 Å². The molecular formula is C9H11NO2. The summed E-state index contributed by atoms with van der Waals surface area (Å²) >= 11 is 0. The zero-order valence-corrected chi connectivity index (χ0v) is 6.57. The lowest BCUT2D eigenvalue weighted by molar-refractivity contribution is 0.435. The Labute approximate surface area is 70.8 Å². The second-order valence-corrected chi connectivity index (χ2v) is 2.47. The van der Waals surface area contributed by atoms with Gasteiger partial charge in [0.2, 0.25) is 0 Å². The Hall–Kier alpha value is -1.48. The topological polar surface area (TPSA) is 66.5 Å². The van der Waals surface area contributed by atoms with Crippen molar-refractivity contribution in [1.29, 1.82) is 0 Å². The molecule has 0 aliphatic heterocycles. The fraction of sp³-hybridized carbons (Fsp3) is 0.111. The lowest BCUT2D eigenvalue weighted by Gasteiger charge is -2.10. The maximum Gasteiger partial charge on any atom is 0.124 e. The van der Waals surface area contributed by atoms with Crippen LogP contribution in [0.3, 0.4) is 0 Å². The van der Waals surface area contributed by atoms with Crippen LogP contribution in [0.5, 0.6) is 11.5 Å². The standard InChI is InChI=1S/C9H11NO2/c1-2-6(10)9-7(11)4-3-5-8(9)12/h2-6,11-12H,1,10H2/t6-/m1/s1. The molecule has 0 heterocycles. The van der Waals surface area contributed by atoms with Crippen molar-refractivity contribution in [2.75, 3.05) is 0 Å². The van der Waals surface area contributed by atoms with Crippen LogP contribution < -0.4 is 5.73 Å². The van der Waals surface area contributed by atoms with E-state index in [-0.39, 0.29) is 11.5 Å². The largest absolute Gasteiger partial charge is 0.507 e. The molecule has 0 amide bonds. The highest BCUT2D eigenvalue weighted by Crippen LogP contribution is 2.31. The number of nitrogens with two attached hydrogens (primary N) is 1. The van der Waals surface area contributed by atoms with Gasteiger partial charge in [-0.05, 0) is 12.1 Å². The molecule has 0 aromatic heterocycles. The molecule has 3 heteroatoms.